The number of nitrogens with one attached hydrogen (secondary N) is 1. The number of benzene rings is 2. The zero-order chi connectivity index (χ0) is 20.4. The lowest BCUT2D eigenvalue weighted by Crippen LogP contribution is -2.06. The van der Waals surface area contributed by atoms with Crippen LogP contribution >= 0.6 is 0 Å². The van der Waals surface area contributed by atoms with Gasteiger partial charge >= 0.3 is 0 Å². The van der Waals surface area contributed by atoms with Crippen molar-refractivity contribution in [2.75, 3.05) is 18.2 Å². The molecule has 3 N–H and O–H groups in total. The van der Waals surface area contributed by atoms with Gasteiger partial charge in [-0.15, -0.1) is 5.10 Å². The van der Waals surface area contributed by atoms with Crippen LogP contribution in [-0.2, 0) is 0 Å². The summed E-state index contributed by atoms with van der Waals surface area (Å²) in [6, 6.07) is 20.7. The fraction of sp³-hybridized carbons (Fsp3) is 0.0476. The van der Waals surface area contributed by atoms with E-state index in [2.05, 4.69) is 27.5 Å². The second kappa shape index (κ2) is 7.22. The van der Waals surface area contributed by atoms with Crippen LogP contribution in [0.1, 0.15) is 11.1 Å². The van der Waals surface area contributed by atoms with E-state index >= 15 is 0 Å². The Morgan fingerprint density at radius 3 is 2.31 bits per heavy atom. The van der Waals surface area contributed by atoms with E-state index in [4.69, 9.17) is 10.5 Å². The number of ether oxygens (including phenoxy) is 1. The second-order valence-corrected chi connectivity index (χ2v) is 6.12. The van der Waals surface area contributed by atoms with Crippen molar-refractivity contribution in [2.45, 2.75) is 0 Å². The van der Waals surface area contributed by atoms with E-state index in [1.807, 2.05) is 30.3 Å². The first-order chi connectivity index (χ1) is 14.2. The van der Waals surface area contributed by atoms with Crippen LogP contribution in [0.3, 0.4) is 0 Å². The van der Waals surface area contributed by atoms with Crippen LogP contribution in [-0.4, -0.2) is 21.7 Å². The van der Waals surface area contributed by atoms with Crippen molar-refractivity contribution < 1.29 is 4.74 Å². The Kier molecular flexibility index (Phi) is 4.44. The maximum Gasteiger partial charge on any atom is 0.178 e. The quantitative estimate of drug-likeness (QED) is 0.554. The number of methoxy groups -OCH3 is 1. The highest BCUT2D eigenvalue weighted by Gasteiger charge is 2.21. The molecule has 0 aliphatic rings. The zero-order valence-electron chi connectivity index (χ0n) is 15.4. The van der Waals surface area contributed by atoms with Gasteiger partial charge in [0, 0.05) is 11.3 Å². The van der Waals surface area contributed by atoms with Crippen molar-refractivity contribution in [2.24, 2.45) is 0 Å². The first-order valence-corrected chi connectivity index (χ1v) is 8.65. The average Bonchev–Trinajstić information content (AvgIpc) is 3.11. The molecule has 2 aromatic heterocycles. The van der Waals surface area contributed by atoms with Crippen molar-refractivity contribution in [3.63, 3.8) is 0 Å². The molecule has 0 spiro atoms. The van der Waals surface area contributed by atoms with Gasteiger partial charge in [-0.25, -0.2) is 4.98 Å². The highest BCUT2D eigenvalue weighted by atomic mass is 16.5. The van der Waals surface area contributed by atoms with Crippen molar-refractivity contribution in [3.05, 3.63) is 65.7 Å². The minimum absolute atomic E-state index is 0.112. The predicted molar refractivity (Wildman–Crippen MR) is 109 cm³/mol. The molecule has 0 amide bonds. The lowest BCUT2D eigenvalue weighted by Gasteiger charge is -2.08. The molecule has 2 heterocycles. The highest BCUT2D eigenvalue weighted by Crippen LogP contribution is 2.31. The number of para-hydroxylation sites is 1. The number of hydrogen-bond donors (Lipinski definition) is 2. The molecular weight excluding hydrogens is 366 g/mol. The molecule has 0 saturated heterocycles. The molecule has 4 rings (SSSR count). The molecule has 0 radical (unpaired) electrons. The molecule has 0 bridgehead atoms. The fourth-order valence-electron chi connectivity index (χ4n) is 2.99. The number of aromatic nitrogens is 3. The Labute approximate surface area is 166 Å². The number of fused-ring (bicyclic) bond motifs is 1. The van der Waals surface area contributed by atoms with Gasteiger partial charge in [-0.3, -0.25) is 0 Å². The average molecular weight is 381 g/mol. The van der Waals surface area contributed by atoms with Crippen molar-refractivity contribution in [3.8, 4) is 29.1 Å². The molecule has 0 atom stereocenters. The molecule has 29 heavy (non-hydrogen) atoms. The molecule has 0 fully saturated rings. The number of anilines is 3. The van der Waals surface area contributed by atoms with E-state index < -0.39 is 0 Å². The minimum Gasteiger partial charge on any atom is -0.497 e. The van der Waals surface area contributed by atoms with Crippen LogP contribution in [0.5, 0.6) is 5.75 Å². The number of rotatable bonds is 4. The van der Waals surface area contributed by atoms with Crippen LogP contribution in [0.2, 0.25) is 0 Å². The molecule has 4 aromatic rings. The molecule has 8 nitrogen and oxygen atoms in total. The summed E-state index contributed by atoms with van der Waals surface area (Å²) >= 11 is 0. The van der Waals surface area contributed by atoms with Gasteiger partial charge in [0.15, 0.2) is 11.5 Å². The Morgan fingerprint density at radius 2 is 1.69 bits per heavy atom. The fourth-order valence-corrected chi connectivity index (χ4v) is 2.99. The van der Waals surface area contributed by atoms with Gasteiger partial charge in [-0.05, 0) is 36.4 Å². The topological polar surface area (TPSA) is 125 Å². The molecule has 0 unspecified atom stereocenters. The standard InChI is InChI=1S/C21H15N7O/c1-29-15-9-7-13(8-10-15)18-16(11-22)19(24)28-21(26-18)17(12-23)20(27-28)25-14-5-3-2-4-6-14/h2-10H,24H2,1H3,(H,25,27). The molecule has 0 aliphatic heterocycles. The van der Waals surface area contributed by atoms with Crippen molar-refractivity contribution in [1.82, 2.24) is 14.6 Å². The summed E-state index contributed by atoms with van der Waals surface area (Å²) in [6.45, 7) is 0. The smallest absolute Gasteiger partial charge is 0.178 e. The normalized spacial score (nSPS) is 10.3. The lowest BCUT2D eigenvalue weighted by atomic mass is 10.1. The molecule has 8 heteroatoms. The van der Waals surface area contributed by atoms with Crippen LogP contribution in [0.25, 0.3) is 16.9 Å². The highest BCUT2D eigenvalue weighted by molar-refractivity contribution is 5.80. The summed E-state index contributed by atoms with van der Waals surface area (Å²) in [5.41, 5.74) is 8.74. The summed E-state index contributed by atoms with van der Waals surface area (Å²) < 4.78 is 6.49. The van der Waals surface area contributed by atoms with E-state index in [-0.39, 0.29) is 22.6 Å². The molecule has 2 aromatic carbocycles. The molecule has 0 aliphatic carbocycles. The third-order valence-corrected chi connectivity index (χ3v) is 4.42. The number of nitrogens with zero attached hydrogens (tertiary/aromatic N) is 5. The molecule has 140 valence electrons. The van der Waals surface area contributed by atoms with Gasteiger partial charge in [0.1, 0.15) is 34.8 Å². The third-order valence-electron chi connectivity index (χ3n) is 4.42. The summed E-state index contributed by atoms with van der Waals surface area (Å²) in [5, 5.41) is 26.9. The largest absolute Gasteiger partial charge is 0.497 e. The minimum atomic E-state index is 0.112. The van der Waals surface area contributed by atoms with E-state index in [9.17, 15) is 10.5 Å². The second-order valence-electron chi connectivity index (χ2n) is 6.12. The maximum atomic E-state index is 9.72. The van der Waals surface area contributed by atoms with Gasteiger partial charge in [0.2, 0.25) is 0 Å². The Morgan fingerprint density at radius 1 is 1.00 bits per heavy atom. The lowest BCUT2D eigenvalue weighted by molar-refractivity contribution is 0.415. The van der Waals surface area contributed by atoms with Crippen LogP contribution in [0.4, 0.5) is 17.3 Å². The van der Waals surface area contributed by atoms with E-state index in [1.165, 1.54) is 4.52 Å². The van der Waals surface area contributed by atoms with Crippen LogP contribution in [0.15, 0.2) is 54.6 Å². The monoisotopic (exact) mass is 381 g/mol. The third kappa shape index (κ3) is 3.05. The first-order valence-electron chi connectivity index (χ1n) is 8.65. The van der Waals surface area contributed by atoms with Gasteiger partial charge in [0.25, 0.3) is 0 Å². The number of hydrogen-bond acceptors (Lipinski definition) is 7. The summed E-state index contributed by atoms with van der Waals surface area (Å²) in [4.78, 5) is 4.56. The van der Waals surface area contributed by atoms with Crippen molar-refractivity contribution >= 4 is 23.0 Å². The summed E-state index contributed by atoms with van der Waals surface area (Å²) in [5.74, 6) is 1.10. The van der Waals surface area contributed by atoms with E-state index in [0.717, 1.165) is 5.69 Å². The van der Waals surface area contributed by atoms with Crippen LogP contribution in [0, 0.1) is 22.7 Å². The van der Waals surface area contributed by atoms with Gasteiger partial charge in [-0.1, -0.05) is 18.2 Å². The number of nitrogens with two attached hydrogens (primary N) is 1. The SMILES string of the molecule is COc1ccc(-c2nc3c(C#N)c(Nc4ccccc4)nn3c(N)c2C#N)cc1. The van der Waals surface area contributed by atoms with E-state index in [1.54, 1.807) is 31.4 Å². The molecule has 0 saturated carbocycles. The zero-order valence-corrected chi connectivity index (χ0v) is 15.4. The van der Waals surface area contributed by atoms with Gasteiger partial charge in [0.05, 0.1) is 12.8 Å². The summed E-state index contributed by atoms with van der Waals surface area (Å²) in [6.07, 6.45) is 0. The Hall–Kier alpha value is -4.56. The predicted octanol–water partition coefficient (Wildman–Crippen LogP) is 3.47. The van der Waals surface area contributed by atoms with Gasteiger partial charge < -0.3 is 15.8 Å². The number of nitrogen functional groups attached to an aromatic ring is 1. The summed E-state index contributed by atoms with van der Waals surface area (Å²) in [7, 11) is 1.57. The maximum absolute atomic E-state index is 9.72. The Bertz CT molecular complexity index is 1280. The van der Waals surface area contributed by atoms with E-state index in [0.29, 0.717) is 22.8 Å². The van der Waals surface area contributed by atoms with Crippen LogP contribution < -0.4 is 15.8 Å². The first kappa shape index (κ1) is 17.8. The van der Waals surface area contributed by atoms with Gasteiger partial charge in [-0.2, -0.15) is 15.0 Å². The Balaban J connectivity index is 1.92. The molecular formula is C21H15N7O. The van der Waals surface area contributed by atoms with Crippen molar-refractivity contribution in [1.29, 1.82) is 10.5 Å². The number of nitriles is 2.